The van der Waals surface area contributed by atoms with Crippen molar-refractivity contribution in [3.05, 3.63) is 16.1 Å². The van der Waals surface area contributed by atoms with Gasteiger partial charge in [0.15, 0.2) is 0 Å². The predicted octanol–water partition coefficient (Wildman–Crippen LogP) is 2.31. The smallest absolute Gasteiger partial charge is 0.0798 e. The molecule has 1 aromatic heterocycles. The second-order valence-corrected chi connectivity index (χ2v) is 5.32. The van der Waals surface area contributed by atoms with Gasteiger partial charge in [0.2, 0.25) is 0 Å². The molecule has 4 heteroatoms. The number of hydrogen-bond donors (Lipinski definition) is 2. The number of thiazole rings is 1. The molecule has 0 amide bonds. The van der Waals surface area contributed by atoms with Gasteiger partial charge in [0.1, 0.15) is 0 Å². The van der Waals surface area contributed by atoms with Crippen molar-refractivity contribution in [1.29, 1.82) is 0 Å². The standard InChI is InChI=1S/C12H23N3S/c1-4-12(5-2,7-13)8-14-6-11-10(3)15-9-16-11/h9,14H,4-8,13H2,1-3H3. The highest BCUT2D eigenvalue weighted by molar-refractivity contribution is 7.09. The fourth-order valence-electron chi connectivity index (χ4n) is 1.80. The summed E-state index contributed by atoms with van der Waals surface area (Å²) in [6, 6.07) is 0. The molecule has 0 saturated heterocycles. The highest BCUT2D eigenvalue weighted by Crippen LogP contribution is 2.23. The largest absolute Gasteiger partial charge is 0.330 e. The minimum Gasteiger partial charge on any atom is -0.330 e. The van der Waals surface area contributed by atoms with Crippen molar-refractivity contribution in [2.24, 2.45) is 11.1 Å². The molecule has 0 fully saturated rings. The van der Waals surface area contributed by atoms with Crippen LogP contribution in [0.2, 0.25) is 0 Å². The molecule has 0 saturated carbocycles. The fraction of sp³-hybridized carbons (Fsp3) is 0.750. The Hall–Kier alpha value is -0.450. The van der Waals surface area contributed by atoms with E-state index in [0.717, 1.165) is 38.2 Å². The SMILES string of the molecule is CCC(CC)(CN)CNCc1scnc1C. The van der Waals surface area contributed by atoms with Crippen molar-refractivity contribution in [1.82, 2.24) is 10.3 Å². The lowest BCUT2D eigenvalue weighted by Gasteiger charge is -2.30. The molecular weight excluding hydrogens is 218 g/mol. The molecular formula is C12H23N3S. The van der Waals surface area contributed by atoms with Crippen LogP contribution in [0.3, 0.4) is 0 Å². The van der Waals surface area contributed by atoms with Crippen LogP contribution in [-0.4, -0.2) is 18.1 Å². The molecule has 1 rings (SSSR count). The molecule has 1 aromatic rings. The molecule has 0 unspecified atom stereocenters. The van der Waals surface area contributed by atoms with E-state index in [1.165, 1.54) is 4.88 Å². The minimum absolute atomic E-state index is 0.262. The number of aromatic nitrogens is 1. The Morgan fingerprint density at radius 1 is 1.44 bits per heavy atom. The Labute approximate surface area is 102 Å². The zero-order valence-electron chi connectivity index (χ0n) is 10.5. The van der Waals surface area contributed by atoms with Gasteiger partial charge in [-0.3, -0.25) is 0 Å². The summed E-state index contributed by atoms with van der Waals surface area (Å²) in [7, 11) is 0. The molecule has 0 aliphatic rings. The predicted molar refractivity (Wildman–Crippen MR) is 70.6 cm³/mol. The maximum absolute atomic E-state index is 5.87. The van der Waals surface area contributed by atoms with Crippen LogP contribution in [0.1, 0.15) is 37.3 Å². The van der Waals surface area contributed by atoms with Gasteiger partial charge in [-0.1, -0.05) is 13.8 Å². The van der Waals surface area contributed by atoms with Crippen molar-refractivity contribution in [2.45, 2.75) is 40.2 Å². The maximum atomic E-state index is 5.87. The number of rotatable bonds is 7. The molecule has 1 heterocycles. The number of nitrogens with one attached hydrogen (secondary N) is 1. The lowest BCUT2D eigenvalue weighted by molar-refractivity contribution is 0.259. The Bertz CT molecular complexity index is 297. The first-order valence-electron chi connectivity index (χ1n) is 5.97. The second kappa shape index (κ2) is 6.33. The van der Waals surface area contributed by atoms with E-state index in [2.05, 4.69) is 31.1 Å². The van der Waals surface area contributed by atoms with Crippen molar-refractivity contribution >= 4 is 11.3 Å². The first kappa shape index (κ1) is 13.6. The summed E-state index contributed by atoms with van der Waals surface area (Å²) in [5, 5.41) is 3.51. The monoisotopic (exact) mass is 241 g/mol. The summed E-state index contributed by atoms with van der Waals surface area (Å²) >= 11 is 1.72. The van der Waals surface area contributed by atoms with Gasteiger partial charge in [0.05, 0.1) is 11.2 Å². The van der Waals surface area contributed by atoms with Gasteiger partial charge in [-0.15, -0.1) is 11.3 Å². The quantitative estimate of drug-likeness (QED) is 0.770. The molecule has 0 radical (unpaired) electrons. The Balaban J connectivity index is 2.42. The first-order chi connectivity index (χ1) is 7.67. The van der Waals surface area contributed by atoms with E-state index in [1.54, 1.807) is 11.3 Å². The van der Waals surface area contributed by atoms with E-state index in [-0.39, 0.29) is 5.41 Å². The van der Waals surface area contributed by atoms with E-state index in [4.69, 9.17) is 5.73 Å². The highest BCUT2D eigenvalue weighted by atomic mass is 32.1. The third-order valence-electron chi connectivity index (χ3n) is 3.56. The van der Waals surface area contributed by atoms with Crippen LogP contribution in [-0.2, 0) is 6.54 Å². The van der Waals surface area contributed by atoms with Crippen molar-refractivity contribution in [3.8, 4) is 0 Å². The van der Waals surface area contributed by atoms with Gasteiger partial charge in [-0.2, -0.15) is 0 Å². The second-order valence-electron chi connectivity index (χ2n) is 4.38. The topological polar surface area (TPSA) is 50.9 Å². The highest BCUT2D eigenvalue weighted by Gasteiger charge is 2.23. The van der Waals surface area contributed by atoms with Gasteiger partial charge in [0, 0.05) is 18.0 Å². The molecule has 3 N–H and O–H groups in total. The van der Waals surface area contributed by atoms with E-state index in [0.29, 0.717) is 0 Å². The summed E-state index contributed by atoms with van der Waals surface area (Å²) in [4.78, 5) is 5.58. The molecule has 0 atom stereocenters. The third kappa shape index (κ3) is 3.27. The summed E-state index contributed by atoms with van der Waals surface area (Å²) in [6.45, 7) is 9.16. The molecule has 0 aromatic carbocycles. The van der Waals surface area contributed by atoms with E-state index < -0.39 is 0 Å². The minimum atomic E-state index is 0.262. The van der Waals surface area contributed by atoms with Gasteiger partial charge in [-0.05, 0) is 31.7 Å². The van der Waals surface area contributed by atoms with Crippen LogP contribution in [0, 0.1) is 12.3 Å². The van der Waals surface area contributed by atoms with Crippen molar-refractivity contribution < 1.29 is 0 Å². The number of nitrogens with two attached hydrogens (primary N) is 1. The normalized spacial score (nSPS) is 12.0. The summed E-state index contributed by atoms with van der Waals surface area (Å²) in [5.41, 5.74) is 9.18. The molecule has 0 bridgehead atoms. The maximum Gasteiger partial charge on any atom is 0.0798 e. The van der Waals surface area contributed by atoms with Gasteiger partial charge >= 0.3 is 0 Å². The molecule has 3 nitrogen and oxygen atoms in total. The number of nitrogens with zero attached hydrogens (tertiary/aromatic N) is 1. The van der Waals surface area contributed by atoms with Crippen LogP contribution in [0.25, 0.3) is 0 Å². The Morgan fingerprint density at radius 2 is 2.12 bits per heavy atom. The summed E-state index contributed by atoms with van der Waals surface area (Å²) < 4.78 is 0. The molecule has 0 aliphatic heterocycles. The Morgan fingerprint density at radius 3 is 2.56 bits per heavy atom. The summed E-state index contributed by atoms with van der Waals surface area (Å²) in [6.07, 6.45) is 2.27. The average molecular weight is 241 g/mol. The fourth-order valence-corrected chi connectivity index (χ4v) is 2.54. The first-order valence-corrected chi connectivity index (χ1v) is 6.85. The molecule has 16 heavy (non-hydrogen) atoms. The number of hydrogen-bond acceptors (Lipinski definition) is 4. The molecule has 92 valence electrons. The molecule has 0 spiro atoms. The lowest BCUT2D eigenvalue weighted by Crippen LogP contribution is -2.39. The van der Waals surface area contributed by atoms with E-state index in [9.17, 15) is 0 Å². The zero-order valence-corrected chi connectivity index (χ0v) is 11.4. The molecule has 0 aliphatic carbocycles. The average Bonchev–Trinajstić information content (AvgIpc) is 2.71. The van der Waals surface area contributed by atoms with E-state index in [1.807, 2.05) is 5.51 Å². The number of aryl methyl sites for hydroxylation is 1. The van der Waals surface area contributed by atoms with Crippen LogP contribution >= 0.6 is 11.3 Å². The van der Waals surface area contributed by atoms with Gasteiger partial charge in [-0.25, -0.2) is 4.98 Å². The van der Waals surface area contributed by atoms with Crippen molar-refractivity contribution in [3.63, 3.8) is 0 Å². The van der Waals surface area contributed by atoms with Crippen LogP contribution < -0.4 is 11.1 Å². The van der Waals surface area contributed by atoms with E-state index >= 15 is 0 Å². The van der Waals surface area contributed by atoms with Crippen LogP contribution in [0.5, 0.6) is 0 Å². The van der Waals surface area contributed by atoms with Crippen LogP contribution in [0.4, 0.5) is 0 Å². The summed E-state index contributed by atoms with van der Waals surface area (Å²) in [5.74, 6) is 0. The lowest BCUT2D eigenvalue weighted by atomic mass is 9.82. The van der Waals surface area contributed by atoms with Crippen LogP contribution in [0.15, 0.2) is 5.51 Å². The van der Waals surface area contributed by atoms with Gasteiger partial charge < -0.3 is 11.1 Å². The third-order valence-corrected chi connectivity index (χ3v) is 4.50. The zero-order chi connectivity index (χ0) is 12.0. The Kier molecular flexibility index (Phi) is 5.38. The van der Waals surface area contributed by atoms with Crippen molar-refractivity contribution in [2.75, 3.05) is 13.1 Å². The van der Waals surface area contributed by atoms with Gasteiger partial charge in [0.25, 0.3) is 0 Å².